The van der Waals surface area contributed by atoms with Gasteiger partial charge >= 0.3 is 0 Å². The molecule has 0 aromatic heterocycles. The molecule has 1 amide bonds. The van der Waals surface area contributed by atoms with Crippen LogP contribution in [0, 0.1) is 6.92 Å². The normalized spacial score (nSPS) is 19.6. The quantitative estimate of drug-likeness (QED) is 0.917. The lowest BCUT2D eigenvalue weighted by atomic mass is 10.0. The molecular weight excluding hydrogens is 252 g/mol. The number of likely N-dealkylation sites (tertiary alicyclic amines) is 1. The lowest BCUT2D eigenvalue weighted by Gasteiger charge is -2.32. The Morgan fingerprint density at radius 3 is 2.95 bits per heavy atom. The maximum absolute atomic E-state index is 12.3. The van der Waals surface area contributed by atoms with Gasteiger partial charge in [0.2, 0.25) is 0 Å². The number of piperidine rings is 1. The van der Waals surface area contributed by atoms with Crippen molar-refractivity contribution in [3.63, 3.8) is 0 Å². The Morgan fingerprint density at radius 2 is 2.25 bits per heavy atom. The summed E-state index contributed by atoms with van der Waals surface area (Å²) in [7, 11) is 3.72. The van der Waals surface area contributed by atoms with Crippen molar-refractivity contribution in [3.05, 3.63) is 29.3 Å². The lowest BCUT2D eigenvalue weighted by molar-refractivity contribution is 0.0925. The number of hydrogen-bond acceptors (Lipinski definition) is 3. The summed E-state index contributed by atoms with van der Waals surface area (Å²) in [6.45, 7) is 3.80. The highest BCUT2D eigenvalue weighted by atomic mass is 16.5. The van der Waals surface area contributed by atoms with E-state index in [2.05, 4.69) is 17.3 Å². The average Bonchev–Trinajstić information content (AvgIpc) is 2.46. The Kier molecular flexibility index (Phi) is 5.01. The monoisotopic (exact) mass is 276 g/mol. The Hall–Kier alpha value is -1.55. The molecule has 1 aromatic rings. The Balaban J connectivity index is 1.99. The van der Waals surface area contributed by atoms with Crippen LogP contribution in [0.3, 0.4) is 0 Å². The van der Waals surface area contributed by atoms with Gasteiger partial charge < -0.3 is 15.0 Å². The molecule has 2 rings (SSSR count). The molecule has 1 aromatic carbocycles. The molecule has 0 radical (unpaired) electrons. The summed E-state index contributed by atoms with van der Waals surface area (Å²) in [6, 6.07) is 6.11. The van der Waals surface area contributed by atoms with Crippen LogP contribution in [0.15, 0.2) is 18.2 Å². The minimum atomic E-state index is -0.0514. The topological polar surface area (TPSA) is 41.6 Å². The van der Waals surface area contributed by atoms with Crippen molar-refractivity contribution in [2.45, 2.75) is 32.2 Å². The van der Waals surface area contributed by atoms with Crippen molar-refractivity contribution in [3.8, 4) is 5.75 Å². The van der Waals surface area contributed by atoms with Crippen LogP contribution < -0.4 is 10.1 Å². The zero-order chi connectivity index (χ0) is 14.5. The molecule has 1 heterocycles. The fourth-order valence-electron chi connectivity index (χ4n) is 2.71. The number of benzene rings is 1. The van der Waals surface area contributed by atoms with E-state index in [9.17, 15) is 4.79 Å². The first-order chi connectivity index (χ1) is 9.61. The number of aryl methyl sites for hydroxylation is 1. The Bertz CT molecular complexity index is 474. The van der Waals surface area contributed by atoms with E-state index in [0.717, 1.165) is 18.5 Å². The predicted molar refractivity (Wildman–Crippen MR) is 80.3 cm³/mol. The summed E-state index contributed by atoms with van der Waals surface area (Å²) >= 11 is 0. The molecule has 4 heteroatoms. The predicted octanol–water partition coefficient (Wildman–Crippen LogP) is 2.22. The van der Waals surface area contributed by atoms with Crippen molar-refractivity contribution >= 4 is 5.91 Å². The number of hydrogen-bond donors (Lipinski definition) is 1. The van der Waals surface area contributed by atoms with Gasteiger partial charge in [-0.05, 0) is 45.5 Å². The van der Waals surface area contributed by atoms with E-state index in [1.54, 1.807) is 7.11 Å². The van der Waals surface area contributed by atoms with Gasteiger partial charge in [-0.3, -0.25) is 4.79 Å². The minimum Gasteiger partial charge on any atom is -0.496 e. The summed E-state index contributed by atoms with van der Waals surface area (Å²) in [6.07, 6.45) is 3.66. The SMILES string of the molecule is COc1ccc(C)cc1C(=O)NCC1CCCCN1C. The maximum Gasteiger partial charge on any atom is 0.255 e. The second kappa shape index (κ2) is 6.75. The highest BCUT2D eigenvalue weighted by Gasteiger charge is 2.20. The molecule has 4 nitrogen and oxygen atoms in total. The van der Waals surface area contributed by atoms with Gasteiger partial charge in [0, 0.05) is 12.6 Å². The zero-order valence-electron chi connectivity index (χ0n) is 12.6. The number of methoxy groups -OCH3 is 1. The molecule has 110 valence electrons. The van der Waals surface area contributed by atoms with Gasteiger partial charge in [0.25, 0.3) is 5.91 Å². The van der Waals surface area contributed by atoms with Gasteiger partial charge in [-0.25, -0.2) is 0 Å². The smallest absolute Gasteiger partial charge is 0.255 e. The lowest BCUT2D eigenvalue weighted by Crippen LogP contribution is -2.44. The molecule has 0 saturated carbocycles. The third-order valence-corrected chi connectivity index (χ3v) is 4.02. The molecule has 0 spiro atoms. The second-order valence-electron chi connectivity index (χ2n) is 5.54. The van der Waals surface area contributed by atoms with Crippen LogP contribution in [0.4, 0.5) is 0 Å². The van der Waals surface area contributed by atoms with E-state index in [-0.39, 0.29) is 5.91 Å². The average molecular weight is 276 g/mol. The molecule has 1 unspecified atom stereocenters. The zero-order valence-corrected chi connectivity index (χ0v) is 12.6. The Morgan fingerprint density at radius 1 is 1.45 bits per heavy atom. The molecule has 1 aliphatic heterocycles. The van der Waals surface area contributed by atoms with E-state index in [1.807, 2.05) is 25.1 Å². The first-order valence-electron chi connectivity index (χ1n) is 7.25. The summed E-state index contributed by atoms with van der Waals surface area (Å²) < 4.78 is 5.26. The van der Waals surface area contributed by atoms with Gasteiger partial charge in [0.15, 0.2) is 0 Å². The molecule has 1 saturated heterocycles. The molecule has 1 fully saturated rings. The number of carbonyl (C=O) groups is 1. The fraction of sp³-hybridized carbons (Fsp3) is 0.562. The molecular formula is C16H24N2O2. The van der Waals surface area contributed by atoms with E-state index in [1.165, 1.54) is 12.8 Å². The summed E-state index contributed by atoms with van der Waals surface area (Å²) in [4.78, 5) is 14.6. The van der Waals surface area contributed by atoms with Crippen molar-refractivity contribution in [2.24, 2.45) is 0 Å². The minimum absolute atomic E-state index is 0.0514. The first kappa shape index (κ1) is 14.9. The highest BCUT2D eigenvalue weighted by molar-refractivity contribution is 5.97. The Labute approximate surface area is 121 Å². The van der Waals surface area contributed by atoms with Gasteiger partial charge in [-0.2, -0.15) is 0 Å². The van der Waals surface area contributed by atoms with Crippen LogP contribution in [-0.2, 0) is 0 Å². The number of carbonyl (C=O) groups excluding carboxylic acids is 1. The molecule has 1 aliphatic rings. The maximum atomic E-state index is 12.3. The highest BCUT2D eigenvalue weighted by Crippen LogP contribution is 2.20. The van der Waals surface area contributed by atoms with Gasteiger partial charge in [-0.1, -0.05) is 18.1 Å². The number of likely N-dealkylation sites (N-methyl/N-ethyl adjacent to an activating group) is 1. The summed E-state index contributed by atoms with van der Waals surface area (Å²) in [5.74, 6) is 0.578. The number of amides is 1. The third kappa shape index (κ3) is 3.51. The van der Waals surface area contributed by atoms with Crippen LogP contribution in [0.5, 0.6) is 5.75 Å². The molecule has 0 bridgehead atoms. The second-order valence-corrected chi connectivity index (χ2v) is 5.54. The van der Waals surface area contributed by atoms with Crippen molar-refractivity contribution in [1.82, 2.24) is 10.2 Å². The van der Waals surface area contributed by atoms with Crippen molar-refractivity contribution in [1.29, 1.82) is 0 Å². The van der Waals surface area contributed by atoms with Gasteiger partial charge in [-0.15, -0.1) is 0 Å². The first-order valence-corrected chi connectivity index (χ1v) is 7.25. The van der Waals surface area contributed by atoms with Crippen LogP contribution in [-0.4, -0.2) is 44.1 Å². The van der Waals surface area contributed by atoms with E-state index < -0.39 is 0 Å². The van der Waals surface area contributed by atoms with Crippen LogP contribution in [0.2, 0.25) is 0 Å². The molecule has 20 heavy (non-hydrogen) atoms. The largest absolute Gasteiger partial charge is 0.496 e. The van der Waals surface area contributed by atoms with Gasteiger partial charge in [0.1, 0.15) is 5.75 Å². The standard InChI is InChI=1S/C16H24N2O2/c1-12-7-8-15(20-3)14(10-12)16(19)17-11-13-6-4-5-9-18(13)2/h7-8,10,13H,4-6,9,11H2,1-3H3,(H,17,19). The van der Waals surface area contributed by atoms with Crippen molar-refractivity contribution in [2.75, 3.05) is 27.2 Å². The number of nitrogens with zero attached hydrogens (tertiary/aromatic N) is 1. The fourth-order valence-corrected chi connectivity index (χ4v) is 2.71. The third-order valence-electron chi connectivity index (χ3n) is 4.02. The van der Waals surface area contributed by atoms with Crippen molar-refractivity contribution < 1.29 is 9.53 Å². The molecule has 0 aliphatic carbocycles. The van der Waals surface area contributed by atoms with E-state index in [4.69, 9.17) is 4.74 Å². The number of rotatable bonds is 4. The van der Waals surface area contributed by atoms with Crippen LogP contribution >= 0.6 is 0 Å². The van der Waals surface area contributed by atoms with Crippen LogP contribution in [0.25, 0.3) is 0 Å². The van der Waals surface area contributed by atoms with E-state index in [0.29, 0.717) is 23.9 Å². The number of ether oxygens (including phenoxy) is 1. The van der Waals surface area contributed by atoms with Crippen LogP contribution in [0.1, 0.15) is 35.2 Å². The number of nitrogens with one attached hydrogen (secondary N) is 1. The molecule has 1 atom stereocenters. The van der Waals surface area contributed by atoms with Gasteiger partial charge in [0.05, 0.1) is 12.7 Å². The summed E-state index contributed by atoms with van der Waals surface area (Å²) in [5.41, 5.74) is 1.68. The van der Waals surface area contributed by atoms with E-state index >= 15 is 0 Å². The summed E-state index contributed by atoms with van der Waals surface area (Å²) in [5, 5.41) is 3.04. The molecule has 1 N–H and O–H groups in total.